The van der Waals surface area contributed by atoms with Crippen molar-refractivity contribution in [1.82, 2.24) is 0 Å². The second-order valence-electron chi connectivity index (χ2n) is 5.62. The van der Waals surface area contributed by atoms with Gasteiger partial charge >= 0.3 is 0 Å². The maximum atomic E-state index is 6.07. The third-order valence-electron chi connectivity index (χ3n) is 2.84. The van der Waals surface area contributed by atoms with Crippen molar-refractivity contribution in [1.29, 1.82) is 0 Å². The van der Waals surface area contributed by atoms with Crippen molar-refractivity contribution in [3.05, 3.63) is 28.8 Å². The second kappa shape index (κ2) is 4.46. The molecule has 0 unspecified atom stereocenters. The standard InChI is InChI=1S/C14H24N2/c1-10-7-12(9-14(3,4)15)8-13(11(10)2)16(5)6/h7-8H,9,15H2,1-6H3. The van der Waals surface area contributed by atoms with Crippen molar-refractivity contribution < 1.29 is 0 Å². The fourth-order valence-electron chi connectivity index (χ4n) is 2.01. The minimum absolute atomic E-state index is 0.148. The van der Waals surface area contributed by atoms with Gasteiger partial charge in [0.1, 0.15) is 0 Å². The van der Waals surface area contributed by atoms with Crippen LogP contribution in [0.1, 0.15) is 30.5 Å². The van der Waals surface area contributed by atoms with E-state index in [0.29, 0.717) is 0 Å². The zero-order valence-electron chi connectivity index (χ0n) is 11.4. The Bertz CT molecular complexity index is 373. The fourth-order valence-corrected chi connectivity index (χ4v) is 2.01. The van der Waals surface area contributed by atoms with E-state index in [9.17, 15) is 0 Å². The maximum Gasteiger partial charge on any atom is 0.0396 e. The number of hydrogen-bond donors (Lipinski definition) is 1. The molecule has 0 aliphatic rings. The van der Waals surface area contributed by atoms with Crippen LogP contribution < -0.4 is 10.6 Å². The van der Waals surface area contributed by atoms with Crippen LogP contribution in [0.15, 0.2) is 12.1 Å². The monoisotopic (exact) mass is 220 g/mol. The molecule has 2 N–H and O–H groups in total. The molecule has 0 aromatic heterocycles. The number of benzene rings is 1. The lowest BCUT2D eigenvalue weighted by molar-refractivity contribution is 0.516. The number of anilines is 1. The first-order chi connectivity index (χ1) is 7.20. The highest BCUT2D eigenvalue weighted by Crippen LogP contribution is 2.25. The topological polar surface area (TPSA) is 29.3 Å². The molecular formula is C14H24N2. The van der Waals surface area contributed by atoms with Gasteiger partial charge in [0, 0.05) is 25.3 Å². The predicted octanol–water partition coefficient (Wildman–Crippen LogP) is 2.65. The molecule has 1 aromatic rings. The first kappa shape index (κ1) is 13.0. The molecule has 1 rings (SSSR count). The van der Waals surface area contributed by atoms with Crippen LogP contribution in [-0.4, -0.2) is 19.6 Å². The van der Waals surface area contributed by atoms with Gasteiger partial charge in [-0.1, -0.05) is 6.07 Å². The van der Waals surface area contributed by atoms with E-state index >= 15 is 0 Å². The van der Waals surface area contributed by atoms with Crippen LogP contribution in [0.4, 0.5) is 5.69 Å². The quantitative estimate of drug-likeness (QED) is 0.848. The minimum Gasteiger partial charge on any atom is -0.377 e. The summed E-state index contributed by atoms with van der Waals surface area (Å²) in [6.07, 6.45) is 0.912. The minimum atomic E-state index is -0.148. The molecule has 90 valence electrons. The van der Waals surface area contributed by atoms with Crippen LogP contribution in [0.5, 0.6) is 0 Å². The highest BCUT2D eigenvalue weighted by Gasteiger charge is 2.14. The Balaban J connectivity index is 3.14. The second-order valence-corrected chi connectivity index (χ2v) is 5.62. The van der Waals surface area contributed by atoms with Crippen LogP contribution >= 0.6 is 0 Å². The van der Waals surface area contributed by atoms with Gasteiger partial charge in [0.25, 0.3) is 0 Å². The fraction of sp³-hybridized carbons (Fsp3) is 0.571. The summed E-state index contributed by atoms with van der Waals surface area (Å²) in [6, 6.07) is 4.49. The number of aryl methyl sites for hydroxylation is 1. The summed E-state index contributed by atoms with van der Waals surface area (Å²) in [5.41, 5.74) is 11.2. The van der Waals surface area contributed by atoms with E-state index < -0.39 is 0 Å². The van der Waals surface area contributed by atoms with E-state index in [1.54, 1.807) is 0 Å². The summed E-state index contributed by atoms with van der Waals surface area (Å²) in [4.78, 5) is 2.16. The summed E-state index contributed by atoms with van der Waals surface area (Å²) in [5.74, 6) is 0. The molecular weight excluding hydrogens is 196 g/mol. The third-order valence-corrected chi connectivity index (χ3v) is 2.84. The highest BCUT2D eigenvalue weighted by molar-refractivity contribution is 5.57. The zero-order chi connectivity index (χ0) is 12.5. The van der Waals surface area contributed by atoms with Crippen molar-refractivity contribution in [2.24, 2.45) is 5.73 Å². The van der Waals surface area contributed by atoms with E-state index in [1.165, 1.54) is 22.4 Å². The molecule has 0 fully saturated rings. The first-order valence-corrected chi connectivity index (χ1v) is 5.77. The third kappa shape index (κ3) is 3.24. The molecule has 0 heterocycles. The first-order valence-electron chi connectivity index (χ1n) is 5.77. The van der Waals surface area contributed by atoms with Crippen LogP contribution in [0.25, 0.3) is 0 Å². The molecule has 0 saturated heterocycles. The predicted molar refractivity (Wildman–Crippen MR) is 72.2 cm³/mol. The molecule has 2 nitrogen and oxygen atoms in total. The Morgan fingerprint density at radius 1 is 1.19 bits per heavy atom. The molecule has 0 atom stereocenters. The average molecular weight is 220 g/mol. The Morgan fingerprint density at radius 3 is 2.19 bits per heavy atom. The van der Waals surface area contributed by atoms with E-state index in [1.807, 2.05) is 0 Å². The molecule has 0 aliphatic heterocycles. The van der Waals surface area contributed by atoms with E-state index in [4.69, 9.17) is 5.73 Å². The summed E-state index contributed by atoms with van der Waals surface area (Å²) < 4.78 is 0. The van der Waals surface area contributed by atoms with Crippen molar-refractivity contribution >= 4 is 5.69 Å². The maximum absolute atomic E-state index is 6.07. The van der Waals surface area contributed by atoms with E-state index in [2.05, 4.69) is 58.8 Å². The molecule has 0 bridgehead atoms. The van der Waals surface area contributed by atoms with Crippen molar-refractivity contribution in [3.8, 4) is 0 Å². The molecule has 0 spiro atoms. The van der Waals surface area contributed by atoms with Gasteiger partial charge in [-0.3, -0.25) is 0 Å². The van der Waals surface area contributed by atoms with Crippen LogP contribution in [0, 0.1) is 13.8 Å². The molecule has 16 heavy (non-hydrogen) atoms. The Morgan fingerprint density at radius 2 is 1.75 bits per heavy atom. The Labute approximate surface area is 99.5 Å². The largest absolute Gasteiger partial charge is 0.377 e. The lowest BCUT2D eigenvalue weighted by atomic mass is 9.93. The van der Waals surface area contributed by atoms with Crippen LogP contribution in [-0.2, 0) is 6.42 Å². The number of nitrogens with zero attached hydrogens (tertiary/aromatic N) is 1. The number of rotatable bonds is 3. The molecule has 1 aromatic carbocycles. The molecule has 0 aliphatic carbocycles. The van der Waals surface area contributed by atoms with Crippen molar-refractivity contribution in [3.63, 3.8) is 0 Å². The summed E-state index contributed by atoms with van der Waals surface area (Å²) in [7, 11) is 4.16. The molecule has 2 heteroatoms. The van der Waals surface area contributed by atoms with Crippen molar-refractivity contribution in [2.75, 3.05) is 19.0 Å². The molecule has 0 radical (unpaired) electrons. The van der Waals surface area contributed by atoms with Crippen LogP contribution in [0.3, 0.4) is 0 Å². The van der Waals surface area contributed by atoms with Gasteiger partial charge < -0.3 is 10.6 Å². The Hall–Kier alpha value is -1.02. The number of nitrogens with two attached hydrogens (primary N) is 1. The number of hydrogen-bond acceptors (Lipinski definition) is 2. The lowest BCUT2D eigenvalue weighted by Gasteiger charge is -2.23. The summed E-state index contributed by atoms with van der Waals surface area (Å²) in [6.45, 7) is 8.46. The molecule has 0 saturated carbocycles. The van der Waals surface area contributed by atoms with E-state index in [-0.39, 0.29) is 5.54 Å². The lowest BCUT2D eigenvalue weighted by Crippen LogP contribution is -2.34. The zero-order valence-corrected chi connectivity index (χ0v) is 11.4. The van der Waals surface area contributed by atoms with Gasteiger partial charge in [0.15, 0.2) is 0 Å². The van der Waals surface area contributed by atoms with Gasteiger partial charge in [-0.15, -0.1) is 0 Å². The van der Waals surface area contributed by atoms with Crippen molar-refractivity contribution in [2.45, 2.75) is 39.7 Å². The van der Waals surface area contributed by atoms with E-state index in [0.717, 1.165) is 6.42 Å². The van der Waals surface area contributed by atoms with Gasteiger partial charge in [-0.05, 0) is 56.9 Å². The highest BCUT2D eigenvalue weighted by atomic mass is 15.1. The van der Waals surface area contributed by atoms with Crippen LogP contribution in [0.2, 0.25) is 0 Å². The smallest absolute Gasteiger partial charge is 0.0396 e. The van der Waals surface area contributed by atoms with Gasteiger partial charge in [0.05, 0.1) is 0 Å². The SMILES string of the molecule is Cc1cc(CC(C)(C)N)cc(N(C)C)c1C. The van der Waals surface area contributed by atoms with Gasteiger partial charge in [-0.25, -0.2) is 0 Å². The Kier molecular flexibility index (Phi) is 3.64. The van der Waals surface area contributed by atoms with Gasteiger partial charge in [-0.2, -0.15) is 0 Å². The summed E-state index contributed by atoms with van der Waals surface area (Å²) in [5, 5.41) is 0. The molecule has 0 amide bonds. The average Bonchev–Trinajstić information content (AvgIpc) is 2.07. The summed E-state index contributed by atoms with van der Waals surface area (Å²) >= 11 is 0. The van der Waals surface area contributed by atoms with Gasteiger partial charge in [0.2, 0.25) is 0 Å². The normalized spacial score (nSPS) is 11.7.